The summed E-state index contributed by atoms with van der Waals surface area (Å²) in [6.45, 7) is 19.7. The molecule has 28 nitrogen and oxygen atoms in total. The lowest BCUT2D eigenvalue weighted by Gasteiger charge is -2.32. The highest BCUT2D eigenvalue weighted by Crippen LogP contribution is 2.38. The molecule has 0 unspecified atom stereocenters. The maximum absolute atomic E-state index is 13.0. The van der Waals surface area contributed by atoms with Crippen LogP contribution in [-0.2, 0) is 34.0 Å². The molecule has 15 rings (SSSR count). The number of halogens is 1. The minimum atomic E-state index is -0.501. The van der Waals surface area contributed by atoms with Gasteiger partial charge in [0, 0.05) is 86.7 Å². The number of nitrogens with zero attached hydrogens (tertiary/aromatic N) is 16. The summed E-state index contributed by atoms with van der Waals surface area (Å²) in [4.78, 5) is 110. The Morgan fingerprint density at radius 2 is 0.867 bits per heavy atom. The summed E-state index contributed by atoms with van der Waals surface area (Å²) in [5.41, 5.74) is 32.7. The zero-order valence-electron chi connectivity index (χ0n) is 63.2. The Labute approximate surface area is 651 Å². The number of likely N-dealkylation sites (tertiary alicyclic amines) is 3. The van der Waals surface area contributed by atoms with Gasteiger partial charge in [0.25, 0.3) is 17.7 Å². The number of nitrogens with two attached hydrogens (primary N) is 3. The number of fused-ring (bicyclic) bond motifs is 3. The minimum absolute atomic E-state index is 0.00753. The van der Waals surface area contributed by atoms with Crippen LogP contribution in [0.1, 0.15) is 128 Å². The molecule has 7 aromatic heterocycles. The van der Waals surface area contributed by atoms with Crippen molar-refractivity contribution in [3.8, 4) is 33.8 Å². The number of hydrogen-bond donors (Lipinski definition) is 6. The second kappa shape index (κ2) is 34.9. The lowest BCUT2D eigenvalue weighted by atomic mass is 10.1. The molecule has 0 spiro atoms. The second-order valence-electron chi connectivity index (χ2n) is 28.1. The van der Waals surface area contributed by atoms with Crippen molar-refractivity contribution in [2.45, 2.75) is 104 Å². The first-order chi connectivity index (χ1) is 54.7. The maximum Gasteiger partial charge on any atom is 0.270 e. The molecule has 6 amide bonds. The van der Waals surface area contributed by atoms with Gasteiger partial charge in [-0.05, 0) is 137 Å². The molecule has 0 bridgehead atoms. The van der Waals surface area contributed by atoms with E-state index in [9.17, 15) is 33.2 Å². The molecule has 113 heavy (non-hydrogen) atoms. The van der Waals surface area contributed by atoms with Gasteiger partial charge in [0.15, 0.2) is 16.9 Å². The molecule has 29 heteroatoms. The number of amides is 6. The molecule has 3 fully saturated rings. The molecule has 576 valence electrons. The topological polar surface area (TPSA) is 370 Å². The number of hydrogen-bond acceptors (Lipinski definition) is 19. The quantitative estimate of drug-likeness (QED) is 0.0435. The number of piperidine rings is 3. The molecule has 10 heterocycles. The summed E-state index contributed by atoms with van der Waals surface area (Å²) < 4.78 is 18.7. The molecular weight excluding hydrogens is 1430 g/mol. The van der Waals surface area contributed by atoms with Crippen molar-refractivity contribution in [3.63, 3.8) is 0 Å². The third-order valence-electron chi connectivity index (χ3n) is 20.2. The molecule has 12 aromatic rings. The molecule has 3 atom stereocenters. The monoisotopic (exact) mass is 1520 g/mol. The summed E-state index contributed by atoms with van der Waals surface area (Å²) in [5.74, 6) is -0.233. The van der Waals surface area contributed by atoms with Crippen molar-refractivity contribution in [2.75, 3.05) is 56.5 Å². The fraction of sp³-hybridized carbons (Fsp3) is 0.262. The highest BCUT2D eigenvalue weighted by molar-refractivity contribution is 6.01. The number of carbonyl (C=O) groups excluding carboxylic acids is 6. The fourth-order valence-electron chi connectivity index (χ4n) is 14.5. The van der Waals surface area contributed by atoms with Gasteiger partial charge in [0.1, 0.15) is 65.0 Å². The van der Waals surface area contributed by atoms with Crippen molar-refractivity contribution in [1.29, 1.82) is 0 Å². The summed E-state index contributed by atoms with van der Waals surface area (Å²) in [7, 11) is 0. The fourth-order valence-corrected chi connectivity index (χ4v) is 14.5. The summed E-state index contributed by atoms with van der Waals surface area (Å²) in [6.07, 6.45) is 16.6. The van der Waals surface area contributed by atoms with Crippen LogP contribution in [0.2, 0.25) is 0 Å². The SMILES string of the molecule is C/C=C/C(=O)N1CCC[C@@H](n2nc(-c3ccc(CNC(=O)c4ccccc4C)cc3)c3c(N)ncnc32)C1.C=CC(=O)N1CCC[C@@H](n2nc(-c3ccc(CNC(=O)c4cc(C)cc(C)c4)cc3)c3c(N)ncnc32)C1.C=CC(=O)N1CCC[C@@H](n2nc(-c3ccc(CNC(=O)c4ccc(F)cn4)cc3)c3c(N)ncnc32)C1. The van der Waals surface area contributed by atoms with Crippen molar-refractivity contribution in [1.82, 2.24) is 94.9 Å². The Morgan fingerprint density at radius 1 is 0.478 bits per heavy atom. The molecule has 3 aliphatic heterocycles. The van der Waals surface area contributed by atoms with E-state index in [0.29, 0.717) is 125 Å². The van der Waals surface area contributed by atoms with Crippen LogP contribution >= 0.6 is 0 Å². The van der Waals surface area contributed by atoms with Gasteiger partial charge in [-0.25, -0.2) is 53.3 Å². The molecule has 9 N–H and O–H groups in total. The first-order valence-electron chi connectivity index (χ1n) is 37.3. The predicted octanol–water partition coefficient (Wildman–Crippen LogP) is 10.9. The molecule has 0 aliphatic carbocycles. The Bertz CT molecular complexity index is 5570. The summed E-state index contributed by atoms with van der Waals surface area (Å²) >= 11 is 0. The number of pyridine rings is 1. The first kappa shape index (κ1) is 77.4. The third kappa shape index (κ3) is 17.6. The van der Waals surface area contributed by atoms with Gasteiger partial charge < -0.3 is 47.9 Å². The van der Waals surface area contributed by atoms with Crippen LogP contribution in [0.4, 0.5) is 21.8 Å². The highest BCUT2D eigenvalue weighted by atomic mass is 19.1. The van der Waals surface area contributed by atoms with Crippen LogP contribution in [0, 0.1) is 26.6 Å². The van der Waals surface area contributed by atoms with Gasteiger partial charge in [-0.3, -0.25) is 28.8 Å². The molecular formula is C84H87FN22O6. The molecule has 3 saturated heterocycles. The highest BCUT2D eigenvalue weighted by Gasteiger charge is 2.32. The van der Waals surface area contributed by atoms with E-state index in [0.717, 1.165) is 101 Å². The Hall–Kier alpha value is -13.7. The zero-order chi connectivity index (χ0) is 79.4. The average Bonchev–Trinajstić information content (AvgIpc) is 1.62. The van der Waals surface area contributed by atoms with Crippen LogP contribution < -0.4 is 33.2 Å². The first-order valence-corrected chi connectivity index (χ1v) is 37.3. The van der Waals surface area contributed by atoms with E-state index in [-0.39, 0.29) is 59.9 Å². The van der Waals surface area contributed by atoms with Crippen LogP contribution in [0.25, 0.3) is 66.9 Å². The maximum atomic E-state index is 13.0. The number of carbonyl (C=O) groups is 6. The number of anilines is 3. The average molecular weight is 1520 g/mol. The number of aryl methyl sites for hydroxylation is 3. The van der Waals surface area contributed by atoms with Crippen LogP contribution in [0.15, 0.2) is 190 Å². The van der Waals surface area contributed by atoms with E-state index in [2.05, 4.69) is 64.0 Å². The Balaban J connectivity index is 0.000000148. The van der Waals surface area contributed by atoms with Crippen molar-refractivity contribution in [2.24, 2.45) is 0 Å². The lowest BCUT2D eigenvalue weighted by Crippen LogP contribution is -2.40. The largest absolute Gasteiger partial charge is 0.383 e. The van der Waals surface area contributed by atoms with Crippen molar-refractivity contribution >= 4 is 86.0 Å². The lowest BCUT2D eigenvalue weighted by molar-refractivity contribution is -0.128. The Kier molecular flexibility index (Phi) is 23.9. The van der Waals surface area contributed by atoms with Crippen LogP contribution in [0.3, 0.4) is 0 Å². The number of allylic oxidation sites excluding steroid dienone is 1. The number of aromatic nitrogens is 13. The predicted molar refractivity (Wildman–Crippen MR) is 430 cm³/mol. The van der Waals surface area contributed by atoms with Crippen molar-refractivity contribution < 1.29 is 33.2 Å². The number of benzene rings is 5. The van der Waals surface area contributed by atoms with E-state index in [1.54, 1.807) is 22.0 Å². The third-order valence-corrected chi connectivity index (χ3v) is 20.2. The Morgan fingerprint density at radius 3 is 1.25 bits per heavy atom. The van der Waals surface area contributed by atoms with E-state index in [1.165, 1.54) is 43.3 Å². The van der Waals surface area contributed by atoms with Gasteiger partial charge in [-0.2, -0.15) is 15.3 Å². The van der Waals surface area contributed by atoms with Crippen LogP contribution in [-0.4, -0.2) is 154 Å². The van der Waals surface area contributed by atoms with E-state index >= 15 is 0 Å². The van der Waals surface area contributed by atoms with Gasteiger partial charge in [-0.1, -0.05) is 127 Å². The van der Waals surface area contributed by atoms with Crippen LogP contribution in [0.5, 0.6) is 0 Å². The van der Waals surface area contributed by atoms with Crippen molar-refractivity contribution in [3.05, 3.63) is 246 Å². The van der Waals surface area contributed by atoms with Gasteiger partial charge in [0.05, 0.1) is 40.5 Å². The molecule has 3 aliphatic rings. The number of nitrogen functional groups attached to an aromatic ring is 3. The minimum Gasteiger partial charge on any atom is -0.383 e. The molecule has 0 saturated carbocycles. The van der Waals surface area contributed by atoms with Gasteiger partial charge >= 0.3 is 0 Å². The zero-order valence-corrected chi connectivity index (χ0v) is 63.2. The molecule has 0 radical (unpaired) electrons. The van der Waals surface area contributed by atoms with Gasteiger partial charge in [-0.15, -0.1) is 0 Å². The summed E-state index contributed by atoms with van der Waals surface area (Å²) in [6, 6.07) is 39.0. The smallest absolute Gasteiger partial charge is 0.270 e. The standard InChI is InChI=1S/2C29H31N7O2.C26H25FN8O2/c1-4-24(37)35-11-5-6-23(16-35)36-28-25(27(30)32-17-33-28)26(34-36)21-9-7-20(8-10-21)15-31-29(38)22-13-18(2)12-19(3)14-22;1-3-7-24(37)35-15-6-9-22(17-35)36-28-25(27(30)32-18-33-28)26(34-36)21-13-11-20(12-14-21)16-31-29(38)23-10-5-4-8-19(23)2;1-2-21(36)34-11-3-4-19(14-34)35-25-22(24(28)31-15-32-25)23(33-35)17-7-5-16(6-8-17)12-30-26(37)20-10-9-18(27)13-29-20/h4,7-10,12-14,17,23H,1,5-6,11,15-16H2,2-3H3,(H,31,38)(H2,30,32,33);3-5,7-8,10-14,18,22H,6,9,15-17H2,1-2H3,(H,31,38)(H2,30,32,33);2,5-10,13,15,19H,1,3-4,11-12,14H2,(H,30,37)(H2,28,31,32)/b;7-3+;/t23-;22-;19-/m111/s1. The second-order valence-corrected chi connectivity index (χ2v) is 28.1. The van der Waals surface area contributed by atoms with Gasteiger partial charge in [0.2, 0.25) is 17.7 Å². The van der Waals surface area contributed by atoms with E-state index < -0.39 is 11.7 Å². The summed E-state index contributed by atoms with van der Waals surface area (Å²) in [5, 5.41) is 25.5. The number of rotatable bonds is 18. The normalized spacial score (nSPS) is 15.5. The van der Waals surface area contributed by atoms with E-state index in [1.807, 2.05) is 162 Å². The van der Waals surface area contributed by atoms with E-state index in [4.69, 9.17) is 32.5 Å². The molecule has 5 aromatic carbocycles. The number of nitrogens with one attached hydrogen (secondary N) is 3.